The minimum absolute atomic E-state index is 0.109. The molecule has 0 bridgehead atoms. The van der Waals surface area contributed by atoms with E-state index in [1.807, 2.05) is 6.92 Å². The van der Waals surface area contributed by atoms with Crippen molar-refractivity contribution < 1.29 is 4.79 Å². The van der Waals surface area contributed by atoms with Crippen LogP contribution in [0, 0.1) is 6.92 Å². The molecule has 0 amide bonds. The highest BCUT2D eigenvalue weighted by atomic mass is 79.9. The van der Waals surface area contributed by atoms with E-state index in [2.05, 4.69) is 20.9 Å². The Balaban J connectivity index is 2.52. The highest BCUT2D eigenvalue weighted by molar-refractivity contribution is 9.10. The third-order valence-corrected chi connectivity index (χ3v) is 3.78. The van der Waals surface area contributed by atoms with Crippen LogP contribution in [0.5, 0.6) is 0 Å². The number of carbonyl (C=O) groups is 1. The van der Waals surface area contributed by atoms with Crippen LogP contribution in [0.4, 0.5) is 0 Å². The van der Waals surface area contributed by atoms with Crippen molar-refractivity contribution in [1.82, 2.24) is 4.98 Å². The van der Waals surface area contributed by atoms with E-state index in [-0.39, 0.29) is 5.78 Å². The minimum Gasteiger partial charge on any atom is -0.288 e. The molecule has 0 N–H and O–H groups in total. The Morgan fingerprint density at radius 1 is 1.29 bits per heavy atom. The molecule has 0 aliphatic carbocycles. The Bertz CT molecular complexity index is 583. The molecule has 2 aromatic rings. The van der Waals surface area contributed by atoms with Gasteiger partial charge in [0.2, 0.25) is 0 Å². The van der Waals surface area contributed by atoms with Gasteiger partial charge in [-0.05, 0) is 46.6 Å². The molecule has 0 aliphatic heterocycles. The van der Waals surface area contributed by atoms with Crippen LogP contribution in [0.3, 0.4) is 0 Å². The van der Waals surface area contributed by atoms with E-state index in [4.69, 9.17) is 11.6 Å². The summed E-state index contributed by atoms with van der Waals surface area (Å²) >= 11 is 9.41. The maximum absolute atomic E-state index is 12.3. The van der Waals surface area contributed by atoms with E-state index in [1.54, 1.807) is 36.7 Å². The fraction of sp³-hybridized carbons (Fsp3) is 0.0769. The molecule has 1 aromatic carbocycles. The highest BCUT2D eigenvalue weighted by Crippen LogP contribution is 2.28. The molecule has 2 rings (SSSR count). The summed E-state index contributed by atoms with van der Waals surface area (Å²) in [6.07, 6.45) is 3.23. The van der Waals surface area contributed by atoms with Crippen LogP contribution >= 0.6 is 27.5 Å². The fourth-order valence-electron chi connectivity index (χ4n) is 1.53. The molecule has 0 fully saturated rings. The molecule has 86 valence electrons. The molecule has 0 aliphatic rings. The average Bonchev–Trinajstić information content (AvgIpc) is 2.32. The van der Waals surface area contributed by atoms with Gasteiger partial charge >= 0.3 is 0 Å². The van der Waals surface area contributed by atoms with Crippen LogP contribution in [0.25, 0.3) is 0 Å². The third kappa shape index (κ3) is 2.40. The predicted octanol–water partition coefficient (Wildman–Crippen LogP) is 4.04. The maximum atomic E-state index is 12.3. The van der Waals surface area contributed by atoms with Gasteiger partial charge in [0, 0.05) is 28.0 Å². The first kappa shape index (κ1) is 12.3. The molecule has 0 unspecified atom stereocenters. The largest absolute Gasteiger partial charge is 0.288 e. The lowest BCUT2D eigenvalue weighted by Gasteiger charge is -2.06. The van der Waals surface area contributed by atoms with Crippen molar-refractivity contribution in [3.63, 3.8) is 0 Å². The summed E-state index contributed by atoms with van der Waals surface area (Å²) in [5.41, 5.74) is 1.95. The molecule has 0 atom stereocenters. The molecule has 17 heavy (non-hydrogen) atoms. The minimum atomic E-state index is -0.109. The topological polar surface area (TPSA) is 30.0 Å². The summed E-state index contributed by atoms with van der Waals surface area (Å²) in [4.78, 5) is 16.3. The first-order chi connectivity index (χ1) is 8.11. The highest BCUT2D eigenvalue weighted by Gasteiger charge is 2.16. The quantitative estimate of drug-likeness (QED) is 0.784. The number of nitrogens with zero attached hydrogens (tertiary/aromatic N) is 1. The Labute approximate surface area is 113 Å². The molecule has 0 spiro atoms. The molecular formula is C13H9BrClNO. The monoisotopic (exact) mass is 309 g/mol. The van der Waals surface area contributed by atoms with Crippen molar-refractivity contribution in [2.45, 2.75) is 6.92 Å². The van der Waals surface area contributed by atoms with E-state index in [9.17, 15) is 4.79 Å². The normalized spacial score (nSPS) is 10.3. The zero-order chi connectivity index (χ0) is 12.4. The Morgan fingerprint density at radius 2 is 2.06 bits per heavy atom. The Hall–Kier alpha value is -1.19. The molecule has 4 heteroatoms. The fourth-order valence-corrected chi connectivity index (χ4v) is 2.10. The van der Waals surface area contributed by atoms with Crippen LogP contribution in [-0.4, -0.2) is 10.8 Å². The van der Waals surface area contributed by atoms with Gasteiger partial charge in [-0.1, -0.05) is 17.7 Å². The number of halogens is 2. The molecule has 1 aromatic heterocycles. The second-order valence-electron chi connectivity index (χ2n) is 3.62. The SMILES string of the molecule is Cc1ccncc1C(=O)c1cccc(Br)c1Cl. The van der Waals surface area contributed by atoms with Gasteiger partial charge in [0.15, 0.2) is 5.78 Å². The number of carbonyl (C=O) groups excluding carboxylic acids is 1. The summed E-state index contributed by atoms with van der Waals surface area (Å²) in [5, 5.41) is 0.431. The van der Waals surface area contributed by atoms with Gasteiger partial charge in [-0.2, -0.15) is 0 Å². The van der Waals surface area contributed by atoms with Crippen molar-refractivity contribution in [3.05, 3.63) is 62.8 Å². The summed E-state index contributed by atoms with van der Waals surface area (Å²) < 4.78 is 0.714. The van der Waals surface area contributed by atoms with Crippen molar-refractivity contribution >= 4 is 33.3 Å². The lowest BCUT2D eigenvalue weighted by atomic mass is 10.0. The molecule has 2 nitrogen and oxygen atoms in total. The van der Waals surface area contributed by atoms with Crippen LogP contribution < -0.4 is 0 Å². The predicted molar refractivity (Wildman–Crippen MR) is 71.6 cm³/mol. The van der Waals surface area contributed by atoms with E-state index in [0.29, 0.717) is 20.6 Å². The van der Waals surface area contributed by atoms with Crippen molar-refractivity contribution in [2.24, 2.45) is 0 Å². The first-order valence-electron chi connectivity index (χ1n) is 5.00. The second kappa shape index (κ2) is 4.98. The van der Waals surface area contributed by atoms with Crippen molar-refractivity contribution in [1.29, 1.82) is 0 Å². The zero-order valence-electron chi connectivity index (χ0n) is 9.08. The number of rotatable bonds is 2. The smallest absolute Gasteiger partial charge is 0.196 e. The number of aryl methyl sites for hydroxylation is 1. The Morgan fingerprint density at radius 3 is 2.76 bits per heavy atom. The second-order valence-corrected chi connectivity index (χ2v) is 4.85. The average molecular weight is 311 g/mol. The van der Waals surface area contributed by atoms with E-state index in [0.717, 1.165) is 5.56 Å². The molecule has 0 saturated carbocycles. The van der Waals surface area contributed by atoms with Crippen LogP contribution in [0.1, 0.15) is 21.5 Å². The van der Waals surface area contributed by atoms with E-state index < -0.39 is 0 Å². The number of hydrogen-bond acceptors (Lipinski definition) is 2. The lowest BCUT2D eigenvalue weighted by Crippen LogP contribution is -2.05. The van der Waals surface area contributed by atoms with E-state index >= 15 is 0 Å². The third-order valence-electron chi connectivity index (χ3n) is 2.48. The Kier molecular flexibility index (Phi) is 3.60. The van der Waals surface area contributed by atoms with Crippen LogP contribution in [0.15, 0.2) is 41.1 Å². The number of aromatic nitrogens is 1. The number of ketones is 1. The summed E-state index contributed by atoms with van der Waals surface area (Å²) in [6.45, 7) is 1.88. The van der Waals surface area contributed by atoms with Crippen LogP contribution in [0.2, 0.25) is 5.02 Å². The van der Waals surface area contributed by atoms with Gasteiger partial charge in [-0.25, -0.2) is 0 Å². The van der Waals surface area contributed by atoms with Gasteiger partial charge < -0.3 is 0 Å². The number of hydrogen-bond donors (Lipinski definition) is 0. The van der Waals surface area contributed by atoms with Gasteiger partial charge in [-0.15, -0.1) is 0 Å². The summed E-state index contributed by atoms with van der Waals surface area (Å²) in [7, 11) is 0. The van der Waals surface area contributed by atoms with Gasteiger partial charge in [0.05, 0.1) is 5.02 Å². The van der Waals surface area contributed by atoms with Gasteiger partial charge in [0.25, 0.3) is 0 Å². The number of pyridine rings is 1. The lowest BCUT2D eigenvalue weighted by molar-refractivity contribution is 0.103. The van der Waals surface area contributed by atoms with Crippen molar-refractivity contribution in [2.75, 3.05) is 0 Å². The standard InChI is InChI=1S/C13H9BrClNO/c1-8-5-6-16-7-10(8)13(17)9-3-2-4-11(14)12(9)15/h2-7H,1H3. The van der Waals surface area contributed by atoms with Crippen molar-refractivity contribution in [3.8, 4) is 0 Å². The maximum Gasteiger partial charge on any atom is 0.196 e. The molecule has 1 heterocycles. The first-order valence-corrected chi connectivity index (χ1v) is 6.17. The molecular weight excluding hydrogens is 302 g/mol. The molecule has 0 radical (unpaired) electrons. The zero-order valence-corrected chi connectivity index (χ0v) is 11.4. The van der Waals surface area contributed by atoms with Crippen LogP contribution in [-0.2, 0) is 0 Å². The summed E-state index contributed by atoms with van der Waals surface area (Å²) in [6, 6.07) is 7.10. The number of benzene rings is 1. The molecule has 0 saturated heterocycles. The van der Waals surface area contributed by atoms with E-state index in [1.165, 1.54) is 0 Å². The summed E-state index contributed by atoms with van der Waals surface area (Å²) in [5.74, 6) is -0.109. The van der Waals surface area contributed by atoms with Gasteiger partial charge in [0.1, 0.15) is 0 Å². The van der Waals surface area contributed by atoms with Gasteiger partial charge in [-0.3, -0.25) is 9.78 Å².